The number of primary sulfonamides is 1. The molecule has 0 aliphatic carbocycles. The van der Waals surface area contributed by atoms with E-state index < -0.39 is 26.0 Å². The predicted molar refractivity (Wildman–Crippen MR) is 154 cm³/mol. The molecule has 0 atom stereocenters. The zero-order chi connectivity index (χ0) is 28.8. The number of nitrogens with two attached hydrogens (primary N) is 2. The third kappa shape index (κ3) is 8.03. The van der Waals surface area contributed by atoms with Crippen LogP contribution < -0.4 is 27.0 Å². The van der Waals surface area contributed by atoms with Gasteiger partial charge in [-0.2, -0.15) is 23.4 Å². The predicted octanol–water partition coefficient (Wildman–Crippen LogP) is 2.83. The standard InChI is InChI=1S/C23H22ClN9O4S3/c24-20-28-22(27-16-9-6-10-17(13-16)39(26,34)35)30-23(29-20)32-31-21(25)33-40(36,37)19-12-5-4-11-18(19)38-14-15-7-2-1-3-8-15/h1-13H,14H2,(H3,25,31,33)(H2,26,34,35)(H2,27,28,29,30,32). The summed E-state index contributed by atoms with van der Waals surface area (Å²) in [7, 11) is -8.11. The number of sulfonamides is 2. The summed E-state index contributed by atoms with van der Waals surface area (Å²) in [6.45, 7) is 0. The molecule has 208 valence electrons. The van der Waals surface area contributed by atoms with Crippen molar-refractivity contribution in [3.05, 3.63) is 89.7 Å². The van der Waals surface area contributed by atoms with Gasteiger partial charge in [-0.3, -0.25) is 10.9 Å². The van der Waals surface area contributed by atoms with E-state index in [1.807, 2.05) is 30.3 Å². The summed E-state index contributed by atoms with van der Waals surface area (Å²) < 4.78 is 52.9. The maximum absolute atomic E-state index is 13.0. The zero-order valence-corrected chi connectivity index (χ0v) is 23.6. The maximum Gasteiger partial charge on any atom is 0.286 e. The number of hydrogen-bond donors (Lipinski definition) is 5. The molecule has 0 amide bonds. The molecule has 13 nitrogen and oxygen atoms in total. The third-order valence-corrected chi connectivity index (χ3v) is 8.61. The number of nitrogens with one attached hydrogen (secondary N) is 3. The van der Waals surface area contributed by atoms with E-state index in [9.17, 15) is 16.8 Å². The van der Waals surface area contributed by atoms with Crippen LogP contribution in [0.15, 0.2) is 97.9 Å². The quantitative estimate of drug-likeness (QED) is 0.0751. The molecule has 17 heteroatoms. The number of benzene rings is 3. The molecular formula is C23H22ClN9O4S3. The van der Waals surface area contributed by atoms with Gasteiger partial charge < -0.3 is 11.1 Å². The molecule has 4 aromatic rings. The highest BCUT2D eigenvalue weighted by Gasteiger charge is 2.19. The fraction of sp³-hybridized carbons (Fsp3) is 0.0435. The summed E-state index contributed by atoms with van der Waals surface area (Å²) in [6.07, 6.45) is 0. The van der Waals surface area contributed by atoms with Crippen LogP contribution in [0.5, 0.6) is 0 Å². The average Bonchev–Trinajstić information content (AvgIpc) is 2.91. The first-order valence-corrected chi connectivity index (χ1v) is 15.5. The van der Waals surface area contributed by atoms with Gasteiger partial charge in [0.2, 0.25) is 33.2 Å². The van der Waals surface area contributed by atoms with Gasteiger partial charge in [0, 0.05) is 16.3 Å². The lowest BCUT2D eigenvalue weighted by atomic mass is 10.2. The van der Waals surface area contributed by atoms with Gasteiger partial charge >= 0.3 is 0 Å². The molecule has 0 saturated heterocycles. The molecule has 4 rings (SSSR count). The first kappa shape index (κ1) is 29.0. The third-order valence-electron chi connectivity index (χ3n) is 4.91. The van der Waals surface area contributed by atoms with Gasteiger partial charge in [-0.15, -0.1) is 16.2 Å². The number of hydrogen-bond acceptors (Lipinski definition) is 10. The number of anilines is 3. The van der Waals surface area contributed by atoms with Crippen LogP contribution in [0.2, 0.25) is 5.28 Å². The lowest BCUT2D eigenvalue weighted by Gasteiger charge is -2.11. The van der Waals surface area contributed by atoms with Gasteiger partial charge in [-0.1, -0.05) is 48.5 Å². The van der Waals surface area contributed by atoms with Gasteiger partial charge in [0.15, 0.2) is 0 Å². The van der Waals surface area contributed by atoms with Gasteiger partial charge in [0.1, 0.15) is 4.90 Å². The Labute approximate surface area is 239 Å². The van der Waals surface area contributed by atoms with Gasteiger partial charge in [0.05, 0.1) is 4.90 Å². The average molecular weight is 620 g/mol. The molecule has 40 heavy (non-hydrogen) atoms. The van der Waals surface area contributed by atoms with Gasteiger partial charge in [-0.05, 0) is 47.5 Å². The van der Waals surface area contributed by atoms with Crippen molar-refractivity contribution >= 4 is 67.0 Å². The van der Waals surface area contributed by atoms with E-state index >= 15 is 0 Å². The Balaban J connectivity index is 1.46. The van der Waals surface area contributed by atoms with Crippen molar-refractivity contribution in [2.75, 3.05) is 10.7 Å². The second kappa shape index (κ2) is 12.5. The van der Waals surface area contributed by atoms with Crippen molar-refractivity contribution in [3.8, 4) is 0 Å². The summed E-state index contributed by atoms with van der Waals surface area (Å²) in [4.78, 5) is 12.3. The van der Waals surface area contributed by atoms with Crippen LogP contribution in [0.3, 0.4) is 0 Å². The van der Waals surface area contributed by atoms with Gasteiger partial charge in [0.25, 0.3) is 10.0 Å². The normalized spacial score (nSPS) is 12.1. The molecule has 0 aliphatic rings. The number of thioether (sulfide) groups is 1. The Morgan fingerprint density at radius 3 is 2.35 bits per heavy atom. The van der Waals surface area contributed by atoms with E-state index in [1.54, 1.807) is 24.3 Å². The number of hydrazine groups is 1. The zero-order valence-electron chi connectivity index (χ0n) is 20.4. The van der Waals surface area contributed by atoms with Crippen molar-refractivity contribution in [2.45, 2.75) is 20.4 Å². The lowest BCUT2D eigenvalue weighted by molar-refractivity contribution is 0.594. The highest BCUT2D eigenvalue weighted by molar-refractivity contribution is 7.99. The monoisotopic (exact) mass is 619 g/mol. The Morgan fingerprint density at radius 1 is 0.900 bits per heavy atom. The summed E-state index contributed by atoms with van der Waals surface area (Å²) in [5.41, 5.74) is 12.1. The van der Waals surface area contributed by atoms with Crippen LogP contribution >= 0.6 is 23.4 Å². The molecule has 1 heterocycles. The highest BCUT2D eigenvalue weighted by Crippen LogP contribution is 2.30. The molecule has 0 radical (unpaired) electrons. The Kier molecular flexibility index (Phi) is 9.06. The first-order chi connectivity index (χ1) is 19.0. The molecule has 0 aliphatic heterocycles. The minimum atomic E-state index is -4.18. The largest absolute Gasteiger partial charge is 0.368 e. The smallest absolute Gasteiger partial charge is 0.286 e. The fourth-order valence-electron chi connectivity index (χ4n) is 3.18. The molecule has 0 saturated carbocycles. The number of aromatic nitrogens is 3. The molecule has 0 unspecified atom stereocenters. The fourth-order valence-corrected chi connectivity index (χ4v) is 6.27. The van der Waals surface area contributed by atoms with Crippen LogP contribution in [-0.4, -0.2) is 37.7 Å². The summed E-state index contributed by atoms with van der Waals surface area (Å²) >= 11 is 7.32. The second-order valence-electron chi connectivity index (χ2n) is 7.87. The second-order valence-corrected chi connectivity index (χ2v) is 12.4. The van der Waals surface area contributed by atoms with E-state index in [0.29, 0.717) is 16.3 Å². The van der Waals surface area contributed by atoms with Gasteiger partial charge in [-0.25, -0.2) is 13.6 Å². The van der Waals surface area contributed by atoms with E-state index in [2.05, 4.69) is 35.5 Å². The van der Waals surface area contributed by atoms with E-state index in [0.717, 1.165) is 5.56 Å². The van der Waals surface area contributed by atoms with Crippen LogP contribution in [0.1, 0.15) is 5.56 Å². The van der Waals surface area contributed by atoms with E-state index in [4.69, 9.17) is 22.5 Å². The van der Waals surface area contributed by atoms with Crippen molar-refractivity contribution in [2.24, 2.45) is 15.3 Å². The first-order valence-electron chi connectivity index (χ1n) is 11.2. The van der Waals surface area contributed by atoms with Crippen LogP contribution in [-0.2, 0) is 25.8 Å². The molecule has 0 fully saturated rings. The van der Waals surface area contributed by atoms with Crippen LogP contribution in [0.25, 0.3) is 0 Å². The van der Waals surface area contributed by atoms with E-state index in [1.165, 1.54) is 36.0 Å². The Hall–Kier alpha value is -3.96. The Morgan fingerprint density at radius 2 is 1.60 bits per heavy atom. The minimum absolute atomic E-state index is 0.00269. The van der Waals surface area contributed by atoms with Crippen molar-refractivity contribution in [1.82, 2.24) is 20.4 Å². The lowest BCUT2D eigenvalue weighted by Crippen LogP contribution is -2.37. The molecule has 1 aromatic heterocycles. The van der Waals surface area contributed by atoms with Crippen molar-refractivity contribution < 1.29 is 16.8 Å². The molecule has 7 N–H and O–H groups in total. The van der Waals surface area contributed by atoms with Crippen molar-refractivity contribution in [3.63, 3.8) is 0 Å². The number of guanidine groups is 1. The molecule has 3 aromatic carbocycles. The molecule has 0 bridgehead atoms. The number of rotatable bonds is 10. The number of nitrogens with zero attached hydrogens (tertiary/aromatic N) is 4. The van der Waals surface area contributed by atoms with Crippen LogP contribution in [0.4, 0.5) is 17.6 Å². The van der Waals surface area contributed by atoms with E-state index in [-0.39, 0.29) is 27.0 Å². The topological polar surface area (TPSA) is 207 Å². The van der Waals surface area contributed by atoms with Crippen molar-refractivity contribution in [1.29, 1.82) is 0 Å². The SMILES string of the molecule is NC(=NS(=O)(=O)c1ccccc1SCc1ccccc1)NNc1nc(Cl)nc(Nc2cccc(S(N)(=O)=O)c2)n1. The Bertz CT molecular complexity index is 1760. The summed E-state index contributed by atoms with van der Waals surface area (Å²) in [5, 5.41) is 7.72. The molecule has 0 spiro atoms. The summed E-state index contributed by atoms with van der Waals surface area (Å²) in [5.74, 6) is -0.118. The maximum atomic E-state index is 13.0. The highest BCUT2D eigenvalue weighted by atomic mass is 35.5. The summed E-state index contributed by atoms with van der Waals surface area (Å²) in [6, 6.07) is 21.7. The molecular weight excluding hydrogens is 598 g/mol. The minimum Gasteiger partial charge on any atom is -0.368 e. The number of halogens is 1. The van der Waals surface area contributed by atoms with Crippen LogP contribution in [0, 0.1) is 0 Å².